The van der Waals surface area contributed by atoms with Crippen LogP contribution in [0.25, 0.3) is 0 Å². The second-order valence-corrected chi connectivity index (χ2v) is 5.79. The Labute approximate surface area is 146 Å². The SMILES string of the molecule is CC(=O)Nc1cccc(NC(=O)CNC(=O)c2ccc(C)c(C)c2)c1. The van der Waals surface area contributed by atoms with Crippen molar-refractivity contribution in [3.63, 3.8) is 0 Å². The molecule has 0 heterocycles. The molecule has 0 unspecified atom stereocenters. The topological polar surface area (TPSA) is 87.3 Å². The van der Waals surface area contributed by atoms with E-state index in [1.807, 2.05) is 19.9 Å². The highest BCUT2D eigenvalue weighted by atomic mass is 16.2. The van der Waals surface area contributed by atoms with Gasteiger partial charge in [0.15, 0.2) is 0 Å². The van der Waals surface area contributed by atoms with Crippen molar-refractivity contribution in [1.82, 2.24) is 5.32 Å². The van der Waals surface area contributed by atoms with E-state index in [9.17, 15) is 14.4 Å². The Morgan fingerprint density at radius 2 is 1.56 bits per heavy atom. The summed E-state index contributed by atoms with van der Waals surface area (Å²) in [6, 6.07) is 12.2. The van der Waals surface area contributed by atoms with Gasteiger partial charge in [-0.25, -0.2) is 0 Å². The maximum absolute atomic E-state index is 12.1. The number of nitrogens with one attached hydrogen (secondary N) is 3. The average Bonchev–Trinajstić information content (AvgIpc) is 2.55. The van der Waals surface area contributed by atoms with Gasteiger partial charge in [0.05, 0.1) is 6.54 Å². The fourth-order valence-electron chi connectivity index (χ4n) is 2.23. The first-order valence-electron chi connectivity index (χ1n) is 7.88. The van der Waals surface area contributed by atoms with E-state index in [4.69, 9.17) is 0 Å². The van der Waals surface area contributed by atoms with Gasteiger partial charge in [0.2, 0.25) is 11.8 Å². The highest BCUT2D eigenvalue weighted by Gasteiger charge is 2.09. The van der Waals surface area contributed by atoms with Crippen LogP contribution >= 0.6 is 0 Å². The van der Waals surface area contributed by atoms with Crippen molar-refractivity contribution in [1.29, 1.82) is 0 Å². The van der Waals surface area contributed by atoms with Crippen molar-refractivity contribution < 1.29 is 14.4 Å². The number of amides is 3. The van der Waals surface area contributed by atoms with Crippen LogP contribution in [-0.4, -0.2) is 24.3 Å². The lowest BCUT2D eigenvalue weighted by Crippen LogP contribution is -2.32. The molecule has 0 aliphatic carbocycles. The van der Waals surface area contributed by atoms with Gasteiger partial charge in [0.25, 0.3) is 5.91 Å². The second kappa shape index (κ2) is 8.10. The number of hydrogen-bond donors (Lipinski definition) is 3. The minimum absolute atomic E-state index is 0.143. The summed E-state index contributed by atoms with van der Waals surface area (Å²) in [6.07, 6.45) is 0. The third kappa shape index (κ3) is 5.46. The van der Waals surface area contributed by atoms with Crippen molar-refractivity contribution in [2.45, 2.75) is 20.8 Å². The van der Waals surface area contributed by atoms with Gasteiger partial charge in [0.1, 0.15) is 0 Å². The normalized spacial score (nSPS) is 10.0. The highest BCUT2D eigenvalue weighted by Crippen LogP contribution is 2.15. The summed E-state index contributed by atoms with van der Waals surface area (Å²) in [5.41, 5.74) is 3.77. The number of hydrogen-bond acceptors (Lipinski definition) is 3. The molecule has 2 aromatic rings. The summed E-state index contributed by atoms with van der Waals surface area (Å²) in [7, 11) is 0. The van der Waals surface area contributed by atoms with Crippen molar-refractivity contribution in [3.05, 3.63) is 59.2 Å². The average molecular weight is 339 g/mol. The summed E-state index contributed by atoms with van der Waals surface area (Å²) in [4.78, 5) is 35.1. The van der Waals surface area contributed by atoms with Gasteiger partial charge >= 0.3 is 0 Å². The smallest absolute Gasteiger partial charge is 0.251 e. The van der Waals surface area contributed by atoms with Crippen LogP contribution < -0.4 is 16.0 Å². The third-order valence-electron chi connectivity index (χ3n) is 3.65. The number of rotatable bonds is 5. The minimum atomic E-state index is -0.350. The Bertz CT molecular complexity index is 815. The molecule has 0 aliphatic rings. The van der Waals surface area contributed by atoms with Crippen molar-refractivity contribution in [2.24, 2.45) is 0 Å². The Morgan fingerprint density at radius 3 is 2.20 bits per heavy atom. The summed E-state index contributed by atoms with van der Waals surface area (Å²) in [5, 5.41) is 7.91. The number of benzene rings is 2. The van der Waals surface area contributed by atoms with Crippen LogP contribution in [-0.2, 0) is 9.59 Å². The summed E-state index contributed by atoms with van der Waals surface area (Å²) in [6.45, 7) is 5.17. The van der Waals surface area contributed by atoms with Gasteiger partial charge in [-0.1, -0.05) is 12.1 Å². The van der Waals surface area contributed by atoms with E-state index in [1.165, 1.54) is 6.92 Å². The minimum Gasteiger partial charge on any atom is -0.343 e. The van der Waals surface area contributed by atoms with Crippen LogP contribution in [0.4, 0.5) is 11.4 Å². The molecule has 0 aliphatic heterocycles. The standard InChI is InChI=1S/C19H21N3O3/c1-12-7-8-15(9-13(12)2)19(25)20-11-18(24)22-17-6-4-5-16(10-17)21-14(3)23/h4-10H,11H2,1-3H3,(H,20,25)(H,21,23)(H,22,24). The summed E-state index contributed by atoms with van der Waals surface area (Å²) >= 11 is 0. The van der Waals surface area contributed by atoms with Crippen molar-refractivity contribution in [2.75, 3.05) is 17.2 Å². The molecule has 0 spiro atoms. The predicted molar refractivity (Wildman–Crippen MR) is 97.6 cm³/mol. The molecule has 3 amide bonds. The third-order valence-corrected chi connectivity index (χ3v) is 3.65. The van der Waals surface area contributed by atoms with Gasteiger partial charge in [0, 0.05) is 23.9 Å². The van der Waals surface area contributed by atoms with Crippen LogP contribution in [0.3, 0.4) is 0 Å². The molecule has 25 heavy (non-hydrogen) atoms. The van der Waals surface area contributed by atoms with E-state index >= 15 is 0 Å². The Balaban J connectivity index is 1.91. The van der Waals surface area contributed by atoms with E-state index in [-0.39, 0.29) is 24.3 Å². The van der Waals surface area contributed by atoms with Crippen LogP contribution in [0.2, 0.25) is 0 Å². The Morgan fingerprint density at radius 1 is 0.880 bits per heavy atom. The molecule has 3 N–H and O–H groups in total. The fourth-order valence-corrected chi connectivity index (χ4v) is 2.23. The summed E-state index contributed by atoms with van der Waals surface area (Å²) in [5.74, 6) is -0.841. The molecule has 0 radical (unpaired) electrons. The van der Waals surface area contributed by atoms with Gasteiger partial charge in [-0.05, 0) is 55.3 Å². The van der Waals surface area contributed by atoms with Crippen LogP contribution in [0.1, 0.15) is 28.4 Å². The molecule has 0 fully saturated rings. The maximum atomic E-state index is 12.1. The lowest BCUT2D eigenvalue weighted by atomic mass is 10.1. The Hall–Kier alpha value is -3.15. The van der Waals surface area contributed by atoms with Crippen LogP contribution in [0.5, 0.6) is 0 Å². The maximum Gasteiger partial charge on any atom is 0.251 e. The van der Waals surface area contributed by atoms with Crippen molar-refractivity contribution >= 4 is 29.1 Å². The molecule has 0 bridgehead atoms. The van der Waals surface area contributed by atoms with E-state index in [1.54, 1.807) is 36.4 Å². The van der Waals surface area contributed by atoms with Crippen LogP contribution in [0.15, 0.2) is 42.5 Å². The Kier molecular flexibility index (Phi) is 5.89. The molecule has 0 atom stereocenters. The fraction of sp³-hybridized carbons (Fsp3) is 0.211. The molecular formula is C19H21N3O3. The van der Waals surface area contributed by atoms with E-state index in [0.29, 0.717) is 16.9 Å². The molecule has 0 saturated carbocycles. The molecule has 0 saturated heterocycles. The molecular weight excluding hydrogens is 318 g/mol. The highest BCUT2D eigenvalue weighted by molar-refractivity contribution is 5.99. The zero-order valence-electron chi connectivity index (χ0n) is 14.5. The first-order valence-corrected chi connectivity index (χ1v) is 7.88. The molecule has 130 valence electrons. The molecule has 2 rings (SSSR count). The summed E-state index contributed by atoms with van der Waals surface area (Å²) < 4.78 is 0. The largest absolute Gasteiger partial charge is 0.343 e. The number of carbonyl (C=O) groups is 3. The van der Waals surface area contributed by atoms with E-state index in [2.05, 4.69) is 16.0 Å². The van der Waals surface area contributed by atoms with Gasteiger partial charge < -0.3 is 16.0 Å². The molecule has 6 heteroatoms. The van der Waals surface area contributed by atoms with Crippen LogP contribution in [0, 0.1) is 13.8 Å². The number of aryl methyl sites for hydroxylation is 2. The lowest BCUT2D eigenvalue weighted by Gasteiger charge is -2.09. The quantitative estimate of drug-likeness (QED) is 0.782. The molecule has 2 aromatic carbocycles. The zero-order chi connectivity index (χ0) is 18.4. The molecule has 0 aromatic heterocycles. The first-order chi connectivity index (χ1) is 11.8. The van der Waals surface area contributed by atoms with E-state index < -0.39 is 0 Å². The monoisotopic (exact) mass is 339 g/mol. The second-order valence-electron chi connectivity index (χ2n) is 5.79. The lowest BCUT2D eigenvalue weighted by molar-refractivity contribution is -0.115. The first kappa shape index (κ1) is 18.2. The number of anilines is 2. The van der Waals surface area contributed by atoms with Crippen molar-refractivity contribution in [3.8, 4) is 0 Å². The van der Waals surface area contributed by atoms with Gasteiger partial charge in [-0.3, -0.25) is 14.4 Å². The predicted octanol–water partition coefficient (Wildman–Crippen LogP) is 2.63. The van der Waals surface area contributed by atoms with E-state index in [0.717, 1.165) is 11.1 Å². The van der Waals surface area contributed by atoms with Gasteiger partial charge in [-0.15, -0.1) is 0 Å². The molecule has 6 nitrogen and oxygen atoms in total. The zero-order valence-corrected chi connectivity index (χ0v) is 14.5. The van der Waals surface area contributed by atoms with Gasteiger partial charge in [-0.2, -0.15) is 0 Å². The number of carbonyl (C=O) groups excluding carboxylic acids is 3.